The molecule has 45 heavy (non-hydrogen) atoms. The van der Waals surface area contributed by atoms with Crippen molar-refractivity contribution in [1.29, 1.82) is 5.41 Å². The number of hydrogen-bond donors (Lipinski definition) is 3. The zero-order valence-electron chi connectivity index (χ0n) is 24.1. The maximum Gasteiger partial charge on any atom is 0.435 e. The Balaban J connectivity index is 1.55. The molecule has 0 spiro atoms. The van der Waals surface area contributed by atoms with Gasteiger partial charge in [-0.05, 0) is 73.1 Å². The van der Waals surface area contributed by atoms with Crippen molar-refractivity contribution in [2.75, 3.05) is 0 Å². The molecule has 14 heteroatoms. The van der Waals surface area contributed by atoms with Gasteiger partial charge in [-0.3, -0.25) is 24.7 Å². The molecule has 0 bridgehead atoms. The summed E-state index contributed by atoms with van der Waals surface area (Å²) in [6.07, 6.45) is -2.78. The topological polar surface area (TPSA) is 126 Å². The molecule has 2 unspecified atom stereocenters. The SMILES string of the molecule is CCC=N/C(=C(\C)c1ccc(F)c(C(=N)N)c1)[C@H](Cc1cc(F)cc(F)c1)NC(=O)Cn1nc(C(F)(F)F)c2c1C(=O)C1CC21. The predicted molar refractivity (Wildman–Crippen MR) is 153 cm³/mol. The number of alkyl halides is 3. The molecule has 1 heterocycles. The number of aliphatic imine (C=N–C) groups is 1. The third-order valence-corrected chi connectivity index (χ3v) is 7.80. The number of nitrogens with zero attached hydrogens (tertiary/aromatic N) is 3. The zero-order valence-corrected chi connectivity index (χ0v) is 24.1. The van der Waals surface area contributed by atoms with Gasteiger partial charge >= 0.3 is 6.18 Å². The van der Waals surface area contributed by atoms with Crippen LogP contribution in [0.1, 0.15) is 71.0 Å². The summed E-state index contributed by atoms with van der Waals surface area (Å²) in [6, 6.07) is 5.51. The van der Waals surface area contributed by atoms with E-state index in [0.717, 1.165) is 22.9 Å². The lowest BCUT2D eigenvalue weighted by Crippen LogP contribution is -2.40. The molecule has 8 nitrogen and oxygen atoms in total. The molecule has 3 atom stereocenters. The average molecular weight is 631 g/mol. The highest BCUT2D eigenvalue weighted by atomic mass is 19.4. The lowest BCUT2D eigenvalue weighted by Gasteiger charge is -2.23. The zero-order chi connectivity index (χ0) is 32.8. The number of hydrogen-bond acceptors (Lipinski definition) is 5. The molecule has 236 valence electrons. The van der Waals surface area contributed by atoms with E-state index in [9.17, 15) is 35.9 Å². The molecule has 2 aromatic carbocycles. The van der Waals surface area contributed by atoms with Gasteiger partial charge < -0.3 is 11.1 Å². The molecule has 3 aromatic rings. The van der Waals surface area contributed by atoms with E-state index in [4.69, 9.17) is 11.1 Å². The van der Waals surface area contributed by atoms with Crippen LogP contribution >= 0.6 is 0 Å². The smallest absolute Gasteiger partial charge is 0.384 e. The van der Waals surface area contributed by atoms with E-state index >= 15 is 0 Å². The Hall–Kier alpha value is -4.75. The number of carbonyl (C=O) groups is 2. The Kier molecular flexibility index (Phi) is 8.43. The summed E-state index contributed by atoms with van der Waals surface area (Å²) in [5, 5.41) is 14.0. The number of carbonyl (C=O) groups excluding carboxylic acids is 2. The number of aromatic nitrogens is 2. The van der Waals surface area contributed by atoms with Gasteiger partial charge in [0.05, 0.1) is 17.3 Å². The number of nitrogens with one attached hydrogen (secondary N) is 2. The summed E-state index contributed by atoms with van der Waals surface area (Å²) in [6.45, 7) is 2.65. The molecule has 2 aliphatic carbocycles. The van der Waals surface area contributed by atoms with Crippen LogP contribution in [-0.4, -0.2) is 39.6 Å². The Labute approximate surface area is 253 Å². The molecule has 0 radical (unpaired) electrons. The van der Waals surface area contributed by atoms with E-state index < -0.39 is 71.3 Å². The fraction of sp³-hybridized carbons (Fsp3) is 0.323. The monoisotopic (exact) mass is 630 g/mol. The maximum atomic E-state index is 14.3. The standard InChI is InChI=1S/C31H28F6N6O2/c1-3-6-40-26(14(2)16-4-5-22(34)21(10-16)30(38)39)23(9-15-7-17(32)11-18(33)8-15)41-24(44)13-43-27-25(19-12-20(19)28(27)45)29(42-43)31(35,36)37/h4-8,10-11,19-20,23H,3,9,12-13H2,1-2H3,(H3,38,39)(H,41,44)/b26-14+,40-6?/t19?,20?,23-/m0/s1. The first kappa shape index (κ1) is 31.7. The first-order valence-electron chi connectivity index (χ1n) is 14.0. The third kappa shape index (κ3) is 6.40. The second-order valence-electron chi connectivity index (χ2n) is 11.0. The van der Waals surface area contributed by atoms with Crippen molar-refractivity contribution in [1.82, 2.24) is 15.1 Å². The van der Waals surface area contributed by atoms with Gasteiger partial charge in [0, 0.05) is 23.8 Å². The number of fused-ring (bicyclic) bond motifs is 3. The highest BCUT2D eigenvalue weighted by molar-refractivity contribution is 6.05. The van der Waals surface area contributed by atoms with E-state index in [0.29, 0.717) is 30.0 Å². The summed E-state index contributed by atoms with van der Waals surface area (Å²) in [4.78, 5) is 30.7. The number of ketones is 1. The van der Waals surface area contributed by atoms with Gasteiger partial charge in [0.1, 0.15) is 35.5 Å². The predicted octanol–water partition coefficient (Wildman–Crippen LogP) is 5.54. The van der Waals surface area contributed by atoms with Crippen LogP contribution < -0.4 is 11.1 Å². The molecule has 2 aliphatic rings. The van der Waals surface area contributed by atoms with Crippen molar-refractivity contribution >= 4 is 29.3 Å². The Bertz CT molecular complexity index is 1760. The van der Waals surface area contributed by atoms with Gasteiger partial charge in [0.15, 0.2) is 11.5 Å². The number of Topliss-reactive ketones (excluding diaryl/α,β-unsaturated/α-hetero) is 1. The molecule has 0 aliphatic heterocycles. The van der Waals surface area contributed by atoms with E-state index in [1.54, 1.807) is 13.8 Å². The number of nitrogen functional groups attached to an aromatic ring is 1. The summed E-state index contributed by atoms with van der Waals surface area (Å²) in [5.41, 5.74) is 4.78. The molecular weight excluding hydrogens is 602 g/mol. The van der Waals surface area contributed by atoms with E-state index in [-0.39, 0.29) is 34.5 Å². The fourth-order valence-electron chi connectivity index (χ4n) is 5.70. The number of nitrogens with two attached hydrogens (primary N) is 1. The second-order valence-corrected chi connectivity index (χ2v) is 11.0. The Morgan fingerprint density at radius 2 is 1.87 bits per heavy atom. The van der Waals surface area contributed by atoms with Crippen LogP contribution in [0.4, 0.5) is 26.3 Å². The largest absolute Gasteiger partial charge is 0.435 e. The number of amidine groups is 1. The average Bonchev–Trinajstić information content (AvgIpc) is 3.56. The summed E-state index contributed by atoms with van der Waals surface area (Å²) >= 11 is 0. The van der Waals surface area contributed by atoms with Crippen molar-refractivity contribution in [3.05, 3.63) is 93.2 Å². The summed E-state index contributed by atoms with van der Waals surface area (Å²) < 4.78 is 84.7. The first-order chi connectivity index (χ1) is 21.2. The van der Waals surface area contributed by atoms with Gasteiger partial charge in [0.2, 0.25) is 5.91 Å². The van der Waals surface area contributed by atoms with Crippen molar-refractivity contribution in [2.45, 2.75) is 57.8 Å². The minimum absolute atomic E-state index is 0.132. The van der Waals surface area contributed by atoms with E-state index in [2.05, 4.69) is 15.4 Å². The molecule has 1 aromatic heterocycles. The molecule has 5 rings (SSSR count). The van der Waals surface area contributed by atoms with Crippen molar-refractivity contribution < 1.29 is 35.9 Å². The Morgan fingerprint density at radius 3 is 2.49 bits per heavy atom. The highest BCUT2D eigenvalue weighted by Crippen LogP contribution is 2.58. The summed E-state index contributed by atoms with van der Waals surface area (Å²) in [7, 11) is 0. The van der Waals surface area contributed by atoms with Crippen molar-refractivity contribution in [3.8, 4) is 0 Å². The number of benzene rings is 2. The molecule has 0 saturated heterocycles. The van der Waals surface area contributed by atoms with Crippen molar-refractivity contribution in [3.63, 3.8) is 0 Å². The number of halogens is 6. The maximum absolute atomic E-state index is 14.3. The van der Waals surface area contributed by atoms with E-state index in [1.807, 2.05) is 0 Å². The number of allylic oxidation sites excluding steroid dienone is 1. The second kappa shape index (κ2) is 12.0. The molecule has 4 N–H and O–H groups in total. The molecule has 1 amide bonds. The lowest BCUT2D eigenvalue weighted by atomic mass is 9.95. The van der Waals surface area contributed by atoms with E-state index in [1.165, 1.54) is 18.3 Å². The van der Waals surface area contributed by atoms with Gasteiger partial charge in [0.25, 0.3) is 0 Å². The van der Waals surface area contributed by atoms with Crippen LogP contribution in [0.3, 0.4) is 0 Å². The quantitative estimate of drug-likeness (QED) is 0.154. The minimum Gasteiger partial charge on any atom is -0.384 e. The first-order valence-corrected chi connectivity index (χ1v) is 14.0. The van der Waals surface area contributed by atoms with Crippen LogP contribution in [-0.2, 0) is 23.9 Å². The fourth-order valence-corrected chi connectivity index (χ4v) is 5.70. The van der Waals surface area contributed by atoms with Gasteiger partial charge in [-0.2, -0.15) is 18.3 Å². The summed E-state index contributed by atoms with van der Waals surface area (Å²) in [5.74, 6) is -5.49. The van der Waals surface area contributed by atoms with Crippen LogP contribution in [0.25, 0.3) is 5.57 Å². The van der Waals surface area contributed by atoms with Gasteiger partial charge in [-0.1, -0.05) is 13.0 Å². The molecule has 1 fully saturated rings. The van der Waals surface area contributed by atoms with Crippen LogP contribution in [0, 0.1) is 28.8 Å². The lowest BCUT2D eigenvalue weighted by molar-refractivity contribution is -0.142. The minimum atomic E-state index is -4.83. The van der Waals surface area contributed by atoms with Crippen LogP contribution in [0.5, 0.6) is 0 Å². The molecule has 1 saturated carbocycles. The third-order valence-electron chi connectivity index (χ3n) is 7.80. The number of rotatable bonds is 10. The van der Waals surface area contributed by atoms with Crippen LogP contribution in [0.15, 0.2) is 47.1 Å². The Morgan fingerprint density at radius 1 is 1.18 bits per heavy atom. The highest BCUT2D eigenvalue weighted by Gasteiger charge is 2.58. The molecular formula is C31H28F6N6O2. The van der Waals surface area contributed by atoms with Crippen molar-refractivity contribution in [2.24, 2.45) is 16.6 Å². The van der Waals surface area contributed by atoms with Crippen LogP contribution in [0.2, 0.25) is 0 Å². The normalized spacial score (nSPS) is 18.4. The number of amides is 1. The van der Waals surface area contributed by atoms with Gasteiger partial charge in [-0.15, -0.1) is 0 Å². The van der Waals surface area contributed by atoms with Gasteiger partial charge in [-0.25, -0.2) is 13.2 Å².